The van der Waals surface area contributed by atoms with Gasteiger partial charge in [0.05, 0.1) is 52.6 Å². The highest BCUT2D eigenvalue weighted by atomic mass is 16.7. The molecule has 0 aromatic heterocycles. The van der Waals surface area contributed by atoms with Crippen molar-refractivity contribution in [1.29, 1.82) is 0 Å². The minimum absolute atomic E-state index is 0.124. The largest absolute Gasteiger partial charge is 0.469 e. The predicted molar refractivity (Wildman–Crippen MR) is 129 cm³/mol. The van der Waals surface area contributed by atoms with Crippen LogP contribution in [0, 0.1) is 0 Å². The van der Waals surface area contributed by atoms with Gasteiger partial charge in [0.1, 0.15) is 11.6 Å². The van der Waals surface area contributed by atoms with Crippen LogP contribution < -0.4 is 27.6 Å². The Kier molecular flexibility index (Phi) is 18.3. The number of hydroxylamine groups is 1. The number of rotatable bonds is 19. The summed E-state index contributed by atoms with van der Waals surface area (Å²) in [5, 5.41) is 5.09. The molecule has 0 aliphatic carbocycles. The zero-order chi connectivity index (χ0) is 27.4. The summed E-state index contributed by atoms with van der Waals surface area (Å²) in [7, 11) is 1.19. The lowest BCUT2D eigenvalue weighted by Crippen LogP contribution is -2.52. The number of amides is 3. The summed E-state index contributed by atoms with van der Waals surface area (Å²) in [4.78, 5) is 52.7. The molecule has 0 aliphatic heterocycles. The third kappa shape index (κ3) is 18.8. The van der Waals surface area contributed by atoms with Gasteiger partial charge in [-0.1, -0.05) is 6.42 Å². The van der Waals surface area contributed by atoms with Crippen LogP contribution in [0.1, 0.15) is 46.5 Å². The summed E-state index contributed by atoms with van der Waals surface area (Å²) in [6.45, 7) is 6.92. The number of methoxy groups -OCH3 is 1. The van der Waals surface area contributed by atoms with E-state index in [2.05, 4.69) is 20.9 Å². The molecule has 0 radical (unpaired) electrons. The second-order valence-electron chi connectivity index (χ2n) is 8.70. The molecule has 0 saturated carbocycles. The first kappa shape index (κ1) is 33.5. The Morgan fingerprint density at radius 3 is 2.17 bits per heavy atom. The van der Waals surface area contributed by atoms with Gasteiger partial charge in [-0.2, -0.15) is 5.48 Å². The fraction of sp³-hybridized carbons (Fsp3) is 0.818. The maximum absolute atomic E-state index is 12.4. The van der Waals surface area contributed by atoms with Crippen molar-refractivity contribution in [2.45, 2.75) is 64.1 Å². The molecule has 14 nitrogen and oxygen atoms in total. The first-order valence-corrected chi connectivity index (χ1v) is 11.9. The lowest BCUT2D eigenvalue weighted by molar-refractivity contribution is -0.143. The zero-order valence-electron chi connectivity index (χ0n) is 21.8. The van der Waals surface area contributed by atoms with Crippen LogP contribution in [0.25, 0.3) is 0 Å². The van der Waals surface area contributed by atoms with Crippen molar-refractivity contribution in [2.75, 3.05) is 53.2 Å². The minimum atomic E-state index is -1.12. The number of carbonyl (C=O) groups is 4. The monoisotopic (exact) mass is 521 g/mol. The van der Waals surface area contributed by atoms with Gasteiger partial charge in [-0.25, -0.2) is 4.79 Å². The van der Waals surface area contributed by atoms with Gasteiger partial charge in [0, 0.05) is 6.54 Å². The molecule has 0 bridgehead atoms. The van der Waals surface area contributed by atoms with Gasteiger partial charge < -0.3 is 41.0 Å². The van der Waals surface area contributed by atoms with E-state index in [1.807, 2.05) is 0 Å². The molecule has 0 heterocycles. The van der Waals surface area contributed by atoms with Crippen molar-refractivity contribution < 1.29 is 43.0 Å². The van der Waals surface area contributed by atoms with E-state index in [1.54, 1.807) is 20.8 Å². The fourth-order valence-electron chi connectivity index (χ4n) is 2.58. The highest BCUT2D eigenvalue weighted by Crippen LogP contribution is 2.06. The highest BCUT2D eigenvalue weighted by Gasteiger charge is 2.26. The van der Waals surface area contributed by atoms with Crippen molar-refractivity contribution in [3.63, 3.8) is 0 Å². The van der Waals surface area contributed by atoms with E-state index in [-0.39, 0.29) is 46.0 Å². The topological polar surface area (TPSA) is 203 Å². The lowest BCUT2D eigenvalue weighted by Gasteiger charge is -2.20. The summed E-state index contributed by atoms with van der Waals surface area (Å²) in [6.07, 6.45) is 0.806. The second-order valence-corrected chi connectivity index (χ2v) is 8.70. The van der Waals surface area contributed by atoms with E-state index in [0.29, 0.717) is 19.4 Å². The summed E-state index contributed by atoms with van der Waals surface area (Å²) in [5.41, 5.74) is 12.8. The molecule has 0 fully saturated rings. The summed E-state index contributed by atoms with van der Waals surface area (Å²) < 4.78 is 20.3. The van der Waals surface area contributed by atoms with Crippen molar-refractivity contribution in [3.8, 4) is 0 Å². The molecule has 0 saturated heterocycles. The highest BCUT2D eigenvalue weighted by molar-refractivity contribution is 5.92. The minimum Gasteiger partial charge on any atom is -0.469 e. The molecule has 14 heteroatoms. The molecule has 36 heavy (non-hydrogen) atoms. The first-order chi connectivity index (χ1) is 17.0. The standard InChI is InChI=1S/C22H43N5O9/c1-22(2,3)36-21(31)27-35-14-13-34-12-11-33-10-9-25-20(30)17(15-18(28)32-4)26-19(29)16(24)7-5-6-8-23/h16-17H,5-15,23-24H2,1-4H3,(H,25,30)(H,26,29)(H,27,31)/t16-,17-/m0/s1. The van der Waals surface area contributed by atoms with Gasteiger partial charge in [-0.05, 0) is 40.2 Å². The Balaban J connectivity index is 4.08. The number of esters is 1. The molecule has 0 aromatic carbocycles. The van der Waals surface area contributed by atoms with E-state index >= 15 is 0 Å². The van der Waals surface area contributed by atoms with E-state index < -0.39 is 41.6 Å². The van der Waals surface area contributed by atoms with Crippen LogP contribution in [0.2, 0.25) is 0 Å². The number of ether oxygens (including phenoxy) is 4. The van der Waals surface area contributed by atoms with Crippen LogP contribution in [-0.2, 0) is 38.2 Å². The van der Waals surface area contributed by atoms with Gasteiger partial charge >= 0.3 is 12.1 Å². The maximum atomic E-state index is 12.4. The molecular weight excluding hydrogens is 478 g/mol. The smallest absolute Gasteiger partial charge is 0.431 e. The van der Waals surface area contributed by atoms with E-state index in [9.17, 15) is 19.2 Å². The van der Waals surface area contributed by atoms with Gasteiger partial charge in [0.25, 0.3) is 0 Å². The molecule has 0 aromatic rings. The number of carbonyl (C=O) groups excluding carboxylic acids is 4. The molecule has 3 amide bonds. The molecular formula is C22H43N5O9. The van der Waals surface area contributed by atoms with Crippen LogP contribution in [0.5, 0.6) is 0 Å². The molecule has 0 aliphatic rings. The summed E-state index contributed by atoms with van der Waals surface area (Å²) >= 11 is 0. The third-order valence-corrected chi connectivity index (χ3v) is 4.34. The number of nitrogens with one attached hydrogen (secondary N) is 3. The number of hydrogen-bond donors (Lipinski definition) is 5. The molecule has 210 valence electrons. The Labute approximate surface area is 212 Å². The number of hydrogen-bond acceptors (Lipinski definition) is 11. The molecule has 7 N–H and O–H groups in total. The van der Waals surface area contributed by atoms with Gasteiger partial charge in [-0.15, -0.1) is 0 Å². The third-order valence-electron chi connectivity index (χ3n) is 4.34. The SMILES string of the molecule is COC(=O)C[C@H](NC(=O)[C@@H](N)CCCCN)C(=O)NCCOCCOCCONC(=O)OC(C)(C)C. The van der Waals surface area contributed by atoms with Crippen molar-refractivity contribution in [1.82, 2.24) is 16.1 Å². The van der Waals surface area contributed by atoms with Crippen LogP contribution in [0.15, 0.2) is 0 Å². The van der Waals surface area contributed by atoms with Gasteiger partial charge in [0.2, 0.25) is 11.8 Å². The Morgan fingerprint density at radius 1 is 0.917 bits per heavy atom. The lowest BCUT2D eigenvalue weighted by atomic mass is 10.1. The average Bonchev–Trinajstić information content (AvgIpc) is 2.80. The molecule has 0 unspecified atom stereocenters. The molecule has 0 spiro atoms. The quantitative estimate of drug-likeness (QED) is 0.0800. The van der Waals surface area contributed by atoms with Crippen molar-refractivity contribution >= 4 is 23.9 Å². The van der Waals surface area contributed by atoms with Crippen LogP contribution >= 0.6 is 0 Å². The van der Waals surface area contributed by atoms with Crippen LogP contribution in [0.4, 0.5) is 4.79 Å². The number of unbranched alkanes of at least 4 members (excludes halogenated alkanes) is 1. The van der Waals surface area contributed by atoms with E-state index in [0.717, 1.165) is 6.42 Å². The van der Waals surface area contributed by atoms with Crippen molar-refractivity contribution in [3.05, 3.63) is 0 Å². The van der Waals surface area contributed by atoms with Crippen molar-refractivity contribution in [2.24, 2.45) is 11.5 Å². The average molecular weight is 522 g/mol. The van der Waals surface area contributed by atoms with Crippen LogP contribution in [0.3, 0.4) is 0 Å². The Bertz CT molecular complexity index is 658. The Morgan fingerprint density at radius 2 is 1.56 bits per heavy atom. The van der Waals surface area contributed by atoms with Gasteiger partial charge in [0.15, 0.2) is 0 Å². The van der Waals surface area contributed by atoms with Crippen LogP contribution in [-0.4, -0.2) is 94.8 Å². The summed E-state index contributed by atoms with van der Waals surface area (Å²) in [6, 6.07) is -1.94. The predicted octanol–water partition coefficient (Wildman–Crippen LogP) is -0.904. The first-order valence-electron chi connectivity index (χ1n) is 11.9. The maximum Gasteiger partial charge on any atom is 0.431 e. The fourth-order valence-corrected chi connectivity index (χ4v) is 2.58. The second kappa shape index (κ2) is 19.6. The van der Waals surface area contributed by atoms with E-state index in [1.165, 1.54) is 7.11 Å². The Hall–Kier alpha value is -2.52. The number of nitrogens with two attached hydrogens (primary N) is 2. The van der Waals surface area contributed by atoms with Gasteiger partial charge in [-0.3, -0.25) is 19.2 Å². The molecule has 0 rings (SSSR count). The van der Waals surface area contributed by atoms with E-state index in [4.69, 9.17) is 30.5 Å². The molecule has 2 atom stereocenters. The normalized spacial score (nSPS) is 12.8. The summed E-state index contributed by atoms with van der Waals surface area (Å²) in [5.74, 6) is -1.74. The zero-order valence-corrected chi connectivity index (χ0v) is 21.8.